The molecule has 1 aliphatic heterocycles. The maximum atomic E-state index is 11.9. The highest BCUT2D eigenvalue weighted by Crippen LogP contribution is 2.36. The molecule has 2 aliphatic rings. The van der Waals surface area contributed by atoms with Crippen molar-refractivity contribution < 1.29 is 14.3 Å². The molecule has 2 fully saturated rings. The molecule has 1 heterocycles. The summed E-state index contributed by atoms with van der Waals surface area (Å²) in [6, 6.07) is 0.465. The molecule has 1 spiro atoms. The highest BCUT2D eigenvalue weighted by Gasteiger charge is 2.41. The molecule has 0 atom stereocenters. The van der Waals surface area contributed by atoms with Crippen LogP contribution in [-0.2, 0) is 14.3 Å². The SMILES string of the molecule is CCN(C)C(=O)CN(C)C1CCC2(CC1)OCCO2. The van der Waals surface area contributed by atoms with Crippen molar-refractivity contribution in [3.8, 4) is 0 Å². The Kier molecular flexibility index (Phi) is 4.81. The predicted molar refractivity (Wildman–Crippen MR) is 72.8 cm³/mol. The lowest BCUT2D eigenvalue weighted by molar-refractivity contribution is -0.183. The third kappa shape index (κ3) is 3.46. The molecule has 5 heteroatoms. The minimum Gasteiger partial charge on any atom is -0.348 e. The van der Waals surface area contributed by atoms with Crippen LogP contribution in [0.3, 0.4) is 0 Å². The van der Waals surface area contributed by atoms with Gasteiger partial charge >= 0.3 is 0 Å². The summed E-state index contributed by atoms with van der Waals surface area (Å²) in [5.74, 6) is -0.111. The second kappa shape index (κ2) is 6.20. The number of carbonyl (C=O) groups excluding carboxylic acids is 1. The highest BCUT2D eigenvalue weighted by atomic mass is 16.7. The van der Waals surface area contributed by atoms with E-state index in [0.717, 1.165) is 45.4 Å². The minimum atomic E-state index is -0.304. The molecule has 0 bridgehead atoms. The maximum absolute atomic E-state index is 11.9. The molecule has 0 N–H and O–H groups in total. The lowest BCUT2D eigenvalue weighted by atomic mass is 9.89. The fourth-order valence-electron chi connectivity index (χ4n) is 2.91. The molecule has 2 rings (SSSR count). The Hall–Kier alpha value is -0.650. The predicted octanol–water partition coefficient (Wildman–Crippen LogP) is 1.08. The summed E-state index contributed by atoms with van der Waals surface area (Å²) in [5.41, 5.74) is 0. The van der Waals surface area contributed by atoms with Gasteiger partial charge in [-0.1, -0.05) is 0 Å². The number of hydrogen-bond acceptors (Lipinski definition) is 4. The van der Waals surface area contributed by atoms with Gasteiger partial charge in [-0.05, 0) is 26.8 Å². The standard InChI is InChI=1S/C14H26N2O3/c1-4-15(2)13(17)11-16(3)12-5-7-14(8-6-12)18-9-10-19-14/h12H,4-11H2,1-3H3. The van der Waals surface area contributed by atoms with Gasteiger partial charge < -0.3 is 14.4 Å². The number of hydrogen-bond donors (Lipinski definition) is 0. The van der Waals surface area contributed by atoms with Crippen molar-refractivity contribution in [2.24, 2.45) is 0 Å². The van der Waals surface area contributed by atoms with Crippen LogP contribution in [0.4, 0.5) is 0 Å². The van der Waals surface area contributed by atoms with Gasteiger partial charge in [0.15, 0.2) is 5.79 Å². The van der Waals surface area contributed by atoms with Crippen LogP contribution in [0.25, 0.3) is 0 Å². The van der Waals surface area contributed by atoms with Crippen molar-refractivity contribution in [1.82, 2.24) is 9.80 Å². The van der Waals surface area contributed by atoms with E-state index in [1.54, 1.807) is 4.90 Å². The average Bonchev–Trinajstić information content (AvgIpc) is 2.86. The topological polar surface area (TPSA) is 42.0 Å². The Bertz CT molecular complexity index is 306. The van der Waals surface area contributed by atoms with Crippen LogP contribution >= 0.6 is 0 Å². The third-order valence-electron chi connectivity index (χ3n) is 4.44. The summed E-state index contributed by atoms with van der Waals surface area (Å²) in [4.78, 5) is 15.9. The van der Waals surface area contributed by atoms with Crippen LogP contribution in [0.1, 0.15) is 32.6 Å². The number of nitrogens with zero attached hydrogens (tertiary/aromatic N) is 2. The Morgan fingerprint density at radius 3 is 2.32 bits per heavy atom. The second-order valence-electron chi connectivity index (χ2n) is 5.66. The molecule has 0 aromatic heterocycles. The lowest BCUT2D eigenvalue weighted by Gasteiger charge is -2.39. The van der Waals surface area contributed by atoms with E-state index in [-0.39, 0.29) is 11.7 Å². The van der Waals surface area contributed by atoms with Gasteiger partial charge in [0.05, 0.1) is 19.8 Å². The zero-order chi connectivity index (χ0) is 13.9. The number of ether oxygens (including phenoxy) is 2. The van der Waals surface area contributed by atoms with Gasteiger partial charge in [0, 0.05) is 32.5 Å². The Labute approximate surface area is 115 Å². The normalized spacial score (nSPS) is 23.2. The summed E-state index contributed by atoms with van der Waals surface area (Å²) in [6.07, 6.45) is 3.97. The molecular formula is C14H26N2O3. The molecule has 110 valence electrons. The zero-order valence-electron chi connectivity index (χ0n) is 12.4. The molecule has 1 saturated heterocycles. The van der Waals surface area contributed by atoms with Crippen LogP contribution < -0.4 is 0 Å². The fourth-order valence-corrected chi connectivity index (χ4v) is 2.91. The number of amides is 1. The number of carbonyl (C=O) groups is 1. The first kappa shape index (κ1) is 14.8. The molecule has 1 saturated carbocycles. The van der Waals surface area contributed by atoms with Crippen LogP contribution in [-0.4, -0.2) is 67.9 Å². The van der Waals surface area contributed by atoms with Gasteiger partial charge in [0.25, 0.3) is 0 Å². The highest BCUT2D eigenvalue weighted by molar-refractivity contribution is 5.77. The molecule has 1 aliphatic carbocycles. The van der Waals surface area contributed by atoms with E-state index in [0.29, 0.717) is 12.6 Å². The summed E-state index contributed by atoms with van der Waals surface area (Å²) >= 11 is 0. The summed E-state index contributed by atoms with van der Waals surface area (Å²) in [7, 11) is 3.90. The second-order valence-corrected chi connectivity index (χ2v) is 5.66. The fraction of sp³-hybridized carbons (Fsp3) is 0.929. The average molecular weight is 270 g/mol. The first-order valence-corrected chi connectivity index (χ1v) is 7.28. The molecule has 5 nitrogen and oxygen atoms in total. The van der Waals surface area contributed by atoms with Crippen molar-refractivity contribution in [1.29, 1.82) is 0 Å². The van der Waals surface area contributed by atoms with Gasteiger partial charge in [0.2, 0.25) is 5.91 Å². The Morgan fingerprint density at radius 2 is 1.79 bits per heavy atom. The van der Waals surface area contributed by atoms with Crippen molar-refractivity contribution >= 4 is 5.91 Å². The summed E-state index contributed by atoms with van der Waals surface area (Å²) in [6.45, 7) is 4.71. The number of likely N-dealkylation sites (N-methyl/N-ethyl adjacent to an activating group) is 2. The minimum absolute atomic E-state index is 0.193. The summed E-state index contributed by atoms with van der Waals surface area (Å²) in [5, 5.41) is 0. The van der Waals surface area contributed by atoms with Crippen LogP contribution in [0.2, 0.25) is 0 Å². The molecule has 1 amide bonds. The van der Waals surface area contributed by atoms with Crippen LogP contribution in [0, 0.1) is 0 Å². The number of rotatable bonds is 4. The van der Waals surface area contributed by atoms with Crippen molar-refractivity contribution in [3.05, 3.63) is 0 Å². The van der Waals surface area contributed by atoms with Crippen molar-refractivity contribution in [3.63, 3.8) is 0 Å². The van der Waals surface area contributed by atoms with Gasteiger partial charge in [-0.2, -0.15) is 0 Å². The van der Waals surface area contributed by atoms with Gasteiger partial charge in [-0.15, -0.1) is 0 Å². The lowest BCUT2D eigenvalue weighted by Crippen LogP contribution is -2.46. The Morgan fingerprint density at radius 1 is 1.21 bits per heavy atom. The van der Waals surface area contributed by atoms with E-state index in [1.807, 2.05) is 21.0 Å². The quantitative estimate of drug-likeness (QED) is 0.766. The van der Waals surface area contributed by atoms with E-state index >= 15 is 0 Å². The van der Waals surface area contributed by atoms with E-state index in [1.165, 1.54) is 0 Å². The van der Waals surface area contributed by atoms with E-state index in [2.05, 4.69) is 4.90 Å². The smallest absolute Gasteiger partial charge is 0.236 e. The first-order valence-electron chi connectivity index (χ1n) is 7.28. The molecule has 0 unspecified atom stereocenters. The monoisotopic (exact) mass is 270 g/mol. The van der Waals surface area contributed by atoms with Gasteiger partial charge in [0.1, 0.15) is 0 Å². The summed E-state index contributed by atoms with van der Waals surface area (Å²) < 4.78 is 11.5. The van der Waals surface area contributed by atoms with Crippen LogP contribution in [0.5, 0.6) is 0 Å². The third-order valence-corrected chi connectivity index (χ3v) is 4.44. The molecule has 0 aromatic rings. The molecule has 0 radical (unpaired) electrons. The largest absolute Gasteiger partial charge is 0.348 e. The van der Waals surface area contributed by atoms with Crippen LogP contribution in [0.15, 0.2) is 0 Å². The van der Waals surface area contributed by atoms with E-state index in [9.17, 15) is 4.79 Å². The maximum Gasteiger partial charge on any atom is 0.236 e. The molecular weight excluding hydrogens is 244 g/mol. The van der Waals surface area contributed by atoms with E-state index in [4.69, 9.17) is 9.47 Å². The van der Waals surface area contributed by atoms with Gasteiger partial charge in [-0.25, -0.2) is 0 Å². The van der Waals surface area contributed by atoms with Crippen molar-refractivity contribution in [2.75, 3.05) is 40.4 Å². The van der Waals surface area contributed by atoms with E-state index < -0.39 is 0 Å². The Balaban J connectivity index is 1.79. The molecule has 19 heavy (non-hydrogen) atoms. The van der Waals surface area contributed by atoms with Gasteiger partial charge in [-0.3, -0.25) is 9.69 Å². The van der Waals surface area contributed by atoms with Crippen molar-refractivity contribution in [2.45, 2.75) is 44.4 Å². The molecule has 0 aromatic carbocycles. The first-order chi connectivity index (χ1) is 9.06. The zero-order valence-corrected chi connectivity index (χ0v) is 12.4.